The largest absolute Gasteiger partial charge is 0.377 e. The average molecular weight is 210 g/mol. The van der Waals surface area contributed by atoms with Crippen molar-refractivity contribution in [3.63, 3.8) is 0 Å². The summed E-state index contributed by atoms with van der Waals surface area (Å²) in [4.78, 5) is 10.8. The highest BCUT2D eigenvalue weighted by Gasteiger charge is 2.07. The third-order valence-electron chi connectivity index (χ3n) is 1.24. The van der Waals surface area contributed by atoms with E-state index in [4.69, 9.17) is 11.6 Å². The molecule has 0 amide bonds. The van der Waals surface area contributed by atoms with Gasteiger partial charge in [0, 0.05) is 0 Å². The van der Waals surface area contributed by atoms with Crippen LogP contribution in [-0.2, 0) is 0 Å². The van der Waals surface area contributed by atoms with E-state index >= 15 is 0 Å². The van der Waals surface area contributed by atoms with Gasteiger partial charge in [-0.25, -0.2) is 13.9 Å². The molecule has 0 saturated heterocycles. The number of hydrogen-bond acceptors (Lipinski definition) is 3. The fraction of sp³-hybridized carbons (Fsp3) is 0.333. The normalized spacial score (nSPS) is 10.5. The third-order valence-corrected chi connectivity index (χ3v) is 1.62. The van der Waals surface area contributed by atoms with Gasteiger partial charge in [-0.15, -0.1) is 0 Å². The Labute approximate surface area is 76.9 Å². The van der Waals surface area contributed by atoms with Crippen LogP contribution in [0, 0.1) is 0 Å². The summed E-state index contributed by atoms with van der Waals surface area (Å²) in [6.07, 6.45) is -1.33. The lowest BCUT2D eigenvalue weighted by Crippen LogP contribution is -2.15. The Bertz CT molecular complexity index is 341. The van der Waals surface area contributed by atoms with Crippen LogP contribution < -0.4 is 10.9 Å². The molecule has 0 aliphatic carbocycles. The zero-order valence-electron chi connectivity index (χ0n) is 6.35. The zero-order chi connectivity index (χ0) is 9.84. The van der Waals surface area contributed by atoms with Gasteiger partial charge in [0.15, 0.2) is 0 Å². The Balaban J connectivity index is 2.77. The van der Waals surface area contributed by atoms with E-state index in [0.717, 1.165) is 0 Å². The molecule has 72 valence electrons. The molecule has 0 bridgehead atoms. The van der Waals surface area contributed by atoms with E-state index in [1.807, 2.05) is 0 Å². The van der Waals surface area contributed by atoms with E-state index in [-0.39, 0.29) is 10.7 Å². The second kappa shape index (κ2) is 4.18. The van der Waals surface area contributed by atoms with Crippen LogP contribution in [-0.4, -0.2) is 23.2 Å². The number of H-pyrrole nitrogens is 1. The fourth-order valence-corrected chi connectivity index (χ4v) is 0.852. The van der Waals surface area contributed by atoms with Crippen molar-refractivity contribution in [2.24, 2.45) is 0 Å². The lowest BCUT2D eigenvalue weighted by Gasteiger charge is -2.04. The first-order chi connectivity index (χ1) is 6.11. The minimum atomic E-state index is -2.50. The lowest BCUT2D eigenvalue weighted by atomic mass is 10.4. The van der Waals surface area contributed by atoms with E-state index in [0.29, 0.717) is 0 Å². The Morgan fingerprint density at radius 3 is 3.00 bits per heavy atom. The maximum Gasteiger partial charge on any atom is 0.285 e. The van der Waals surface area contributed by atoms with Crippen molar-refractivity contribution in [1.82, 2.24) is 10.2 Å². The summed E-state index contributed by atoms with van der Waals surface area (Å²) < 4.78 is 23.5. The number of halogens is 3. The Hall–Kier alpha value is -1.17. The molecular weight excluding hydrogens is 204 g/mol. The number of alkyl halides is 2. The second-order valence-corrected chi connectivity index (χ2v) is 2.58. The van der Waals surface area contributed by atoms with Gasteiger partial charge >= 0.3 is 0 Å². The quantitative estimate of drug-likeness (QED) is 0.784. The number of nitrogens with one attached hydrogen (secondary N) is 2. The van der Waals surface area contributed by atoms with Gasteiger partial charge in [0.2, 0.25) is 0 Å². The van der Waals surface area contributed by atoms with Gasteiger partial charge in [-0.1, -0.05) is 11.6 Å². The molecule has 1 aromatic heterocycles. The van der Waals surface area contributed by atoms with E-state index in [2.05, 4.69) is 15.5 Å². The highest BCUT2D eigenvalue weighted by molar-refractivity contribution is 6.32. The van der Waals surface area contributed by atoms with Gasteiger partial charge < -0.3 is 5.32 Å². The van der Waals surface area contributed by atoms with Crippen molar-refractivity contribution < 1.29 is 8.78 Å². The molecular formula is C6H6ClF2N3O. The first-order valence-corrected chi connectivity index (χ1v) is 3.74. The second-order valence-electron chi connectivity index (χ2n) is 2.20. The first-order valence-electron chi connectivity index (χ1n) is 3.36. The van der Waals surface area contributed by atoms with Gasteiger partial charge in [0.1, 0.15) is 5.02 Å². The van der Waals surface area contributed by atoms with Crippen molar-refractivity contribution in [3.8, 4) is 0 Å². The van der Waals surface area contributed by atoms with Crippen LogP contribution in [0.25, 0.3) is 0 Å². The van der Waals surface area contributed by atoms with Gasteiger partial charge in [0.05, 0.1) is 18.4 Å². The minimum absolute atomic E-state index is 0.103. The smallest absolute Gasteiger partial charge is 0.285 e. The molecule has 0 atom stereocenters. The molecule has 13 heavy (non-hydrogen) atoms. The molecule has 1 rings (SSSR count). The number of aromatic nitrogens is 2. The number of rotatable bonds is 3. The monoisotopic (exact) mass is 209 g/mol. The molecule has 1 aromatic rings. The maximum absolute atomic E-state index is 11.7. The summed E-state index contributed by atoms with van der Waals surface area (Å²) in [5.74, 6) is 0. The highest BCUT2D eigenvalue weighted by Crippen LogP contribution is 2.14. The van der Waals surface area contributed by atoms with E-state index < -0.39 is 18.5 Å². The molecule has 0 fully saturated rings. The molecule has 0 aliphatic heterocycles. The molecule has 0 unspecified atom stereocenters. The summed E-state index contributed by atoms with van der Waals surface area (Å²) >= 11 is 5.49. The lowest BCUT2D eigenvalue weighted by molar-refractivity contribution is 0.163. The van der Waals surface area contributed by atoms with Crippen LogP contribution in [0.3, 0.4) is 0 Å². The topological polar surface area (TPSA) is 57.8 Å². The summed E-state index contributed by atoms with van der Waals surface area (Å²) in [5.41, 5.74) is -0.508. The maximum atomic E-state index is 11.7. The van der Waals surface area contributed by atoms with Crippen molar-refractivity contribution in [2.75, 3.05) is 11.9 Å². The Kier molecular flexibility index (Phi) is 3.18. The summed E-state index contributed by atoms with van der Waals surface area (Å²) in [7, 11) is 0. The van der Waals surface area contributed by atoms with Crippen LogP contribution in [0.4, 0.5) is 14.5 Å². The molecule has 0 aromatic carbocycles. The van der Waals surface area contributed by atoms with E-state index in [9.17, 15) is 13.6 Å². The molecule has 0 spiro atoms. The highest BCUT2D eigenvalue weighted by atomic mass is 35.5. The first kappa shape index (κ1) is 9.91. The van der Waals surface area contributed by atoms with Crippen molar-refractivity contribution >= 4 is 17.3 Å². The minimum Gasteiger partial charge on any atom is -0.377 e. The van der Waals surface area contributed by atoms with Crippen LogP contribution in [0.1, 0.15) is 0 Å². The van der Waals surface area contributed by atoms with Gasteiger partial charge in [-0.05, 0) is 0 Å². The van der Waals surface area contributed by atoms with Crippen molar-refractivity contribution in [3.05, 3.63) is 21.6 Å². The molecule has 4 nitrogen and oxygen atoms in total. The van der Waals surface area contributed by atoms with E-state index in [1.165, 1.54) is 6.20 Å². The average Bonchev–Trinajstić information content (AvgIpc) is 2.07. The summed E-state index contributed by atoms with van der Waals surface area (Å²) in [6.45, 7) is -0.565. The SMILES string of the molecule is O=c1[nH]ncc(NCC(F)F)c1Cl. The number of aromatic amines is 1. The zero-order valence-corrected chi connectivity index (χ0v) is 7.11. The number of hydrogen-bond donors (Lipinski definition) is 2. The molecule has 7 heteroatoms. The summed E-state index contributed by atoms with van der Waals surface area (Å²) in [5, 5.41) is 7.57. The standard InChI is InChI=1S/C6H6ClF2N3O/c7-5-3(10-2-4(8)9)1-11-12-6(5)13/h1,4H,2H2,(H2,10,12,13). The molecule has 0 radical (unpaired) electrons. The van der Waals surface area contributed by atoms with Crippen LogP contribution in [0.15, 0.2) is 11.0 Å². The number of anilines is 1. The van der Waals surface area contributed by atoms with Crippen molar-refractivity contribution in [1.29, 1.82) is 0 Å². The number of nitrogens with zero attached hydrogens (tertiary/aromatic N) is 1. The fourth-order valence-electron chi connectivity index (χ4n) is 0.694. The predicted molar refractivity (Wildman–Crippen MR) is 44.4 cm³/mol. The van der Waals surface area contributed by atoms with Crippen molar-refractivity contribution in [2.45, 2.75) is 6.43 Å². The third kappa shape index (κ3) is 2.66. The predicted octanol–water partition coefficient (Wildman–Crippen LogP) is 1.10. The molecule has 1 heterocycles. The molecule has 0 aliphatic rings. The Morgan fingerprint density at radius 2 is 2.38 bits per heavy atom. The van der Waals surface area contributed by atoms with Crippen LogP contribution >= 0.6 is 11.6 Å². The Morgan fingerprint density at radius 1 is 1.69 bits per heavy atom. The molecule has 2 N–H and O–H groups in total. The van der Waals surface area contributed by atoms with Gasteiger partial charge in [0.25, 0.3) is 12.0 Å². The summed E-state index contributed by atoms with van der Waals surface area (Å²) in [6, 6.07) is 0. The molecule has 0 saturated carbocycles. The van der Waals surface area contributed by atoms with Crippen LogP contribution in [0.2, 0.25) is 5.02 Å². The van der Waals surface area contributed by atoms with Gasteiger partial charge in [-0.2, -0.15) is 5.10 Å². The van der Waals surface area contributed by atoms with Gasteiger partial charge in [-0.3, -0.25) is 4.79 Å². The van der Waals surface area contributed by atoms with E-state index in [1.54, 1.807) is 0 Å². The van der Waals surface area contributed by atoms with Crippen LogP contribution in [0.5, 0.6) is 0 Å².